The van der Waals surface area contributed by atoms with E-state index in [2.05, 4.69) is 4.72 Å². The van der Waals surface area contributed by atoms with Gasteiger partial charge in [-0.05, 0) is 55.9 Å². The summed E-state index contributed by atoms with van der Waals surface area (Å²) >= 11 is 0. The normalized spacial score (nSPS) is 23.5. The van der Waals surface area contributed by atoms with Crippen LogP contribution in [0, 0.1) is 5.92 Å². The first-order valence-corrected chi connectivity index (χ1v) is 8.31. The standard InChI is InChI=1S/C14H21NO4S/c1-19-13-6-8-14(9-7-13)20(17,18)15-10-11-2-4-12(16)5-3-11/h6-9,11-12,15-16H,2-5,10H2,1H3. The third-order valence-corrected chi connectivity index (χ3v) is 5.19. The molecule has 1 aliphatic carbocycles. The summed E-state index contributed by atoms with van der Waals surface area (Å²) in [6, 6.07) is 6.33. The molecule has 0 saturated heterocycles. The van der Waals surface area contributed by atoms with E-state index in [-0.39, 0.29) is 11.0 Å². The Hall–Kier alpha value is -1.11. The minimum absolute atomic E-state index is 0.218. The summed E-state index contributed by atoms with van der Waals surface area (Å²) in [5.41, 5.74) is 0. The zero-order valence-corrected chi connectivity index (χ0v) is 12.4. The van der Waals surface area contributed by atoms with Crippen LogP contribution in [0.3, 0.4) is 0 Å². The second-order valence-electron chi connectivity index (χ2n) is 5.20. The van der Waals surface area contributed by atoms with Gasteiger partial charge >= 0.3 is 0 Å². The zero-order valence-electron chi connectivity index (χ0n) is 11.6. The second kappa shape index (κ2) is 6.56. The molecule has 0 amide bonds. The molecule has 0 aliphatic heterocycles. The highest BCUT2D eigenvalue weighted by atomic mass is 32.2. The van der Waals surface area contributed by atoms with Gasteiger partial charge in [-0.3, -0.25) is 0 Å². The summed E-state index contributed by atoms with van der Waals surface area (Å²) in [7, 11) is -1.93. The van der Waals surface area contributed by atoms with Crippen LogP contribution in [0.25, 0.3) is 0 Å². The Morgan fingerprint density at radius 3 is 2.35 bits per heavy atom. The van der Waals surface area contributed by atoms with Crippen LogP contribution in [0.2, 0.25) is 0 Å². The molecule has 0 radical (unpaired) electrons. The van der Waals surface area contributed by atoms with E-state index in [0.29, 0.717) is 18.2 Å². The van der Waals surface area contributed by atoms with Crippen LogP contribution in [-0.4, -0.2) is 33.3 Å². The molecule has 0 heterocycles. The van der Waals surface area contributed by atoms with Crippen LogP contribution in [0.4, 0.5) is 0 Å². The Kier molecular flexibility index (Phi) is 5.01. The van der Waals surface area contributed by atoms with E-state index in [1.54, 1.807) is 19.2 Å². The van der Waals surface area contributed by atoms with Gasteiger partial charge in [0.15, 0.2) is 0 Å². The Morgan fingerprint density at radius 2 is 1.80 bits per heavy atom. The highest BCUT2D eigenvalue weighted by Gasteiger charge is 2.22. The van der Waals surface area contributed by atoms with Crippen molar-refractivity contribution in [3.05, 3.63) is 24.3 Å². The lowest BCUT2D eigenvalue weighted by Gasteiger charge is -2.25. The van der Waals surface area contributed by atoms with E-state index in [9.17, 15) is 13.5 Å². The molecule has 1 aromatic rings. The Bertz CT molecular complexity index is 519. The van der Waals surface area contributed by atoms with Gasteiger partial charge in [-0.1, -0.05) is 0 Å². The molecular formula is C14H21NO4S. The number of aliphatic hydroxyl groups excluding tert-OH is 1. The van der Waals surface area contributed by atoms with E-state index < -0.39 is 10.0 Å². The molecule has 1 saturated carbocycles. The van der Waals surface area contributed by atoms with E-state index >= 15 is 0 Å². The summed E-state index contributed by atoms with van der Waals surface area (Å²) < 4.78 is 31.9. The minimum atomic E-state index is -3.47. The molecule has 0 atom stereocenters. The van der Waals surface area contributed by atoms with Crippen molar-refractivity contribution in [1.29, 1.82) is 0 Å². The van der Waals surface area contributed by atoms with E-state index in [1.165, 1.54) is 12.1 Å². The molecule has 2 rings (SSSR count). The molecule has 20 heavy (non-hydrogen) atoms. The first-order valence-electron chi connectivity index (χ1n) is 6.83. The summed E-state index contributed by atoms with van der Waals surface area (Å²) in [4.78, 5) is 0.245. The number of hydrogen-bond donors (Lipinski definition) is 2. The van der Waals surface area contributed by atoms with Crippen molar-refractivity contribution in [2.75, 3.05) is 13.7 Å². The minimum Gasteiger partial charge on any atom is -0.497 e. The lowest BCUT2D eigenvalue weighted by atomic mass is 9.88. The van der Waals surface area contributed by atoms with Crippen molar-refractivity contribution in [2.45, 2.75) is 36.7 Å². The predicted octanol–water partition coefficient (Wildman–Crippen LogP) is 1.52. The Balaban J connectivity index is 1.93. The van der Waals surface area contributed by atoms with Gasteiger partial charge in [-0.25, -0.2) is 13.1 Å². The number of nitrogens with one attached hydrogen (secondary N) is 1. The van der Waals surface area contributed by atoms with Gasteiger partial charge in [-0.15, -0.1) is 0 Å². The smallest absolute Gasteiger partial charge is 0.240 e. The van der Waals surface area contributed by atoms with Gasteiger partial charge in [0.05, 0.1) is 18.1 Å². The van der Waals surface area contributed by atoms with Gasteiger partial charge in [0.1, 0.15) is 5.75 Å². The summed E-state index contributed by atoms with van der Waals surface area (Å²) in [6.45, 7) is 0.432. The van der Waals surface area contributed by atoms with Gasteiger partial charge in [0.2, 0.25) is 10.0 Å². The maximum Gasteiger partial charge on any atom is 0.240 e. The first-order chi connectivity index (χ1) is 9.51. The monoisotopic (exact) mass is 299 g/mol. The SMILES string of the molecule is COc1ccc(S(=O)(=O)NCC2CCC(O)CC2)cc1. The molecular weight excluding hydrogens is 278 g/mol. The van der Waals surface area contributed by atoms with Crippen molar-refractivity contribution in [3.8, 4) is 5.75 Å². The number of benzene rings is 1. The van der Waals surface area contributed by atoms with Gasteiger partial charge in [0, 0.05) is 6.54 Å². The molecule has 1 fully saturated rings. The van der Waals surface area contributed by atoms with E-state index in [0.717, 1.165) is 25.7 Å². The molecule has 0 unspecified atom stereocenters. The third-order valence-electron chi connectivity index (χ3n) is 3.75. The van der Waals surface area contributed by atoms with Crippen LogP contribution < -0.4 is 9.46 Å². The molecule has 0 bridgehead atoms. The number of hydrogen-bond acceptors (Lipinski definition) is 4. The van der Waals surface area contributed by atoms with Crippen molar-refractivity contribution < 1.29 is 18.3 Å². The number of sulfonamides is 1. The lowest BCUT2D eigenvalue weighted by molar-refractivity contribution is 0.109. The zero-order chi connectivity index (χ0) is 14.6. The van der Waals surface area contributed by atoms with Crippen molar-refractivity contribution in [1.82, 2.24) is 4.72 Å². The van der Waals surface area contributed by atoms with Crippen molar-refractivity contribution in [2.24, 2.45) is 5.92 Å². The van der Waals surface area contributed by atoms with E-state index in [1.807, 2.05) is 0 Å². The van der Waals surface area contributed by atoms with Gasteiger partial charge in [0.25, 0.3) is 0 Å². The van der Waals surface area contributed by atoms with Crippen LogP contribution in [-0.2, 0) is 10.0 Å². The largest absolute Gasteiger partial charge is 0.497 e. The fourth-order valence-corrected chi connectivity index (χ4v) is 3.53. The van der Waals surface area contributed by atoms with Crippen molar-refractivity contribution in [3.63, 3.8) is 0 Å². The fraction of sp³-hybridized carbons (Fsp3) is 0.571. The third kappa shape index (κ3) is 3.94. The Morgan fingerprint density at radius 1 is 1.20 bits per heavy atom. The van der Waals surface area contributed by atoms with Gasteiger partial charge < -0.3 is 9.84 Å². The quantitative estimate of drug-likeness (QED) is 0.864. The molecule has 0 aromatic heterocycles. The summed E-state index contributed by atoms with van der Waals surface area (Å²) in [5, 5.41) is 9.43. The summed E-state index contributed by atoms with van der Waals surface area (Å²) in [6.07, 6.45) is 3.03. The lowest BCUT2D eigenvalue weighted by Crippen LogP contribution is -2.32. The number of methoxy groups -OCH3 is 1. The predicted molar refractivity (Wildman–Crippen MR) is 76.1 cm³/mol. The summed E-state index contributed by atoms with van der Waals surface area (Å²) in [5.74, 6) is 0.941. The van der Waals surface area contributed by atoms with E-state index in [4.69, 9.17) is 4.74 Å². The van der Waals surface area contributed by atoms with Crippen LogP contribution in [0.15, 0.2) is 29.2 Å². The molecule has 6 heteroatoms. The average Bonchev–Trinajstić information content (AvgIpc) is 2.47. The fourth-order valence-electron chi connectivity index (χ4n) is 2.41. The molecule has 1 aliphatic rings. The highest BCUT2D eigenvalue weighted by Crippen LogP contribution is 2.24. The molecule has 1 aromatic carbocycles. The topological polar surface area (TPSA) is 75.6 Å². The number of rotatable bonds is 5. The second-order valence-corrected chi connectivity index (χ2v) is 6.97. The Labute approximate surface area is 120 Å². The maximum atomic E-state index is 12.1. The maximum absolute atomic E-state index is 12.1. The van der Waals surface area contributed by atoms with Crippen LogP contribution in [0.1, 0.15) is 25.7 Å². The van der Waals surface area contributed by atoms with Crippen molar-refractivity contribution >= 4 is 10.0 Å². The molecule has 112 valence electrons. The molecule has 2 N–H and O–H groups in total. The van der Waals surface area contributed by atoms with Gasteiger partial charge in [-0.2, -0.15) is 0 Å². The number of ether oxygens (including phenoxy) is 1. The molecule has 5 nitrogen and oxygen atoms in total. The number of aliphatic hydroxyl groups is 1. The highest BCUT2D eigenvalue weighted by molar-refractivity contribution is 7.89. The average molecular weight is 299 g/mol. The molecule has 0 spiro atoms. The first kappa shape index (κ1) is 15.3. The van der Waals surface area contributed by atoms with Crippen LogP contribution >= 0.6 is 0 Å². The van der Waals surface area contributed by atoms with Crippen LogP contribution in [0.5, 0.6) is 5.75 Å².